The first-order chi connectivity index (χ1) is 15.8. The fourth-order valence-electron chi connectivity index (χ4n) is 3.35. The van der Waals surface area contributed by atoms with Gasteiger partial charge in [0, 0.05) is 6.54 Å². The quantitative estimate of drug-likeness (QED) is 0.417. The van der Waals surface area contributed by atoms with E-state index in [1.807, 2.05) is 72.1 Å². The Bertz CT molecular complexity index is 1310. The Morgan fingerprint density at radius 3 is 2.53 bits per heavy atom. The fraction of sp³-hybridized carbons (Fsp3) is 0.0870. The summed E-state index contributed by atoms with van der Waals surface area (Å²) < 4.78 is 3.45. The lowest BCUT2D eigenvalue weighted by molar-refractivity contribution is 0.0940. The summed E-state index contributed by atoms with van der Waals surface area (Å²) in [5.41, 5.74) is 2.90. The van der Waals surface area contributed by atoms with E-state index in [-0.39, 0.29) is 11.7 Å². The minimum absolute atomic E-state index is 0.131. The highest BCUT2D eigenvalue weighted by atomic mass is 32.1. The van der Waals surface area contributed by atoms with E-state index in [1.54, 1.807) is 27.0 Å². The average Bonchev–Trinajstić information content (AvgIpc) is 3.60. The molecule has 0 atom stereocenters. The number of carbonyl (C=O) groups is 1. The molecule has 2 aromatic carbocycles. The van der Waals surface area contributed by atoms with Crippen molar-refractivity contribution in [3.8, 4) is 16.4 Å². The van der Waals surface area contributed by atoms with Gasteiger partial charge in [0.25, 0.3) is 5.91 Å². The van der Waals surface area contributed by atoms with Crippen LogP contribution < -0.4 is 5.32 Å². The third-order valence-corrected chi connectivity index (χ3v) is 5.78. The Morgan fingerprint density at radius 2 is 1.78 bits per heavy atom. The Labute approximate surface area is 188 Å². The van der Waals surface area contributed by atoms with Gasteiger partial charge in [0.1, 0.15) is 12.7 Å². The van der Waals surface area contributed by atoms with Gasteiger partial charge in [0.05, 0.1) is 17.1 Å². The van der Waals surface area contributed by atoms with Crippen molar-refractivity contribution in [2.24, 2.45) is 0 Å². The molecule has 5 rings (SSSR count). The molecule has 0 aliphatic heterocycles. The zero-order valence-electron chi connectivity index (χ0n) is 17.0. The second-order valence-electron chi connectivity index (χ2n) is 7.03. The van der Waals surface area contributed by atoms with Gasteiger partial charge in [0.15, 0.2) is 5.82 Å². The third kappa shape index (κ3) is 4.19. The molecule has 32 heavy (non-hydrogen) atoms. The molecule has 0 radical (unpaired) electrons. The lowest BCUT2D eigenvalue weighted by Gasteiger charge is -2.10. The Balaban J connectivity index is 1.38. The summed E-state index contributed by atoms with van der Waals surface area (Å²) >= 11 is 1.56. The van der Waals surface area contributed by atoms with Crippen molar-refractivity contribution >= 4 is 17.2 Å². The van der Waals surface area contributed by atoms with Crippen LogP contribution in [0.2, 0.25) is 0 Å². The smallest absolute Gasteiger partial charge is 0.291 e. The summed E-state index contributed by atoms with van der Waals surface area (Å²) in [6, 6.07) is 21.5. The molecule has 0 aliphatic carbocycles. The zero-order valence-corrected chi connectivity index (χ0v) is 17.8. The molecule has 158 valence electrons. The minimum Gasteiger partial charge on any atom is -0.345 e. The van der Waals surface area contributed by atoms with Crippen LogP contribution >= 0.6 is 11.3 Å². The molecule has 0 aliphatic rings. The van der Waals surface area contributed by atoms with E-state index in [9.17, 15) is 4.79 Å². The first-order valence-electron chi connectivity index (χ1n) is 10.0. The Morgan fingerprint density at radius 1 is 0.969 bits per heavy atom. The van der Waals surface area contributed by atoms with Crippen molar-refractivity contribution in [2.45, 2.75) is 13.1 Å². The molecule has 0 saturated heterocycles. The number of carbonyl (C=O) groups excluding carboxylic acids is 1. The average molecular weight is 442 g/mol. The van der Waals surface area contributed by atoms with Crippen LogP contribution in [0.1, 0.15) is 21.7 Å². The Kier molecular flexibility index (Phi) is 5.54. The molecule has 3 heterocycles. The van der Waals surface area contributed by atoms with Gasteiger partial charge >= 0.3 is 0 Å². The summed E-state index contributed by atoms with van der Waals surface area (Å²) in [5, 5.41) is 13.6. The summed E-state index contributed by atoms with van der Waals surface area (Å²) in [6.45, 7) is 0.938. The lowest BCUT2D eigenvalue weighted by atomic mass is 10.1. The second kappa shape index (κ2) is 8.94. The van der Waals surface area contributed by atoms with E-state index in [4.69, 9.17) is 0 Å². The van der Waals surface area contributed by atoms with Crippen LogP contribution in [0.15, 0.2) is 84.8 Å². The number of benzene rings is 2. The van der Waals surface area contributed by atoms with Crippen LogP contribution in [0, 0.1) is 0 Å². The standard InChI is InChI=1S/C23H19N7OS/c31-23(25-13-17-7-4-5-8-18(17)14-29-16-24-15-26-29)21-27-22(20-11-6-12-32-20)30(28-21)19-9-2-1-3-10-19/h1-12,15-16H,13-14H2,(H,25,31). The van der Waals surface area contributed by atoms with E-state index in [0.29, 0.717) is 18.9 Å². The molecular formula is C23H19N7OS. The monoisotopic (exact) mass is 441 g/mol. The van der Waals surface area contributed by atoms with Gasteiger partial charge in [-0.15, -0.1) is 16.4 Å². The van der Waals surface area contributed by atoms with E-state index in [2.05, 4.69) is 25.5 Å². The molecule has 1 N–H and O–H groups in total. The van der Waals surface area contributed by atoms with E-state index in [0.717, 1.165) is 21.7 Å². The number of para-hydroxylation sites is 1. The van der Waals surface area contributed by atoms with Crippen LogP contribution in [0.3, 0.4) is 0 Å². The van der Waals surface area contributed by atoms with Gasteiger partial charge in [-0.1, -0.05) is 48.5 Å². The summed E-state index contributed by atoms with van der Waals surface area (Å²) in [5.74, 6) is 0.446. The molecule has 0 saturated carbocycles. The van der Waals surface area contributed by atoms with Gasteiger partial charge in [0.2, 0.25) is 5.82 Å². The number of nitrogens with zero attached hydrogens (tertiary/aromatic N) is 6. The maximum absolute atomic E-state index is 12.9. The third-order valence-electron chi connectivity index (χ3n) is 4.91. The molecule has 0 bridgehead atoms. The maximum Gasteiger partial charge on any atom is 0.291 e. The highest BCUT2D eigenvalue weighted by molar-refractivity contribution is 7.13. The molecule has 0 unspecified atom stereocenters. The molecule has 8 nitrogen and oxygen atoms in total. The van der Waals surface area contributed by atoms with Gasteiger partial charge in [-0.2, -0.15) is 5.10 Å². The first-order valence-corrected chi connectivity index (χ1v) is 10.9. The lowest BCUT2D eigenvalue weighted by Crippen LogP contribution is -2.25. The number of aromatic nitrogens is 6. The number of amides is 1. The topological polar surface area (TPSA) is 90.5 Å². The highest BCUT2D eigenvalue weighted by Crippen LogP contribution is 2.25. The molecule has 5 aromatic rings. The largest absolute Gasteiger partial charge is 0.345 e. The molecule has 0 spiro atoms. The van der Waals surface area contributed by atoms with E-state index < -0.39 is 0 Å². The predicted molar refractivity (Wildman–Crippen MR) is 121 cm³/mol. The van der Waals surface area contributed by atoms with Crippen molar-refractivity contribution in [3.63, 3.8) is 0 Å². The number of thiophene rings is 1. The highest BCUT2D eigenvalue weighted by Gasteiger charge is 2.19. The molecular weight excluding hydrogens is 422 g/mol. The summed E-state index contributed by atoms with van der Waals surface area (Å²) in [7, 11) is 0. The zero-order chi connectivity index (χ0) is 21.8. The van der Waals surface area contributed by atoms with Gasteiger partial charge in [-0.25, -0.2) is 19.3 Å². The number of rotatable bonds is 7. The Hall–Kier alpha value is -4.11. The van der Waals surface area contributed by atoms with Crippen molar-refractivity contribution in [1.29, 1.82) is 0 Å². The van der Waals surface area contributed by atoms with Crippen LogP contribution in [0.25, 0.3) is 16.4 Å². The molecule has 0 fully saturated rings. The predicted octanol–water partition coefficient (Wildman–Crippen LogP) is 3.57. The summed E-state index contributed by atoms with van der Waals surface area (Å²) in [6.07, 6.45) is 3.17. The van der Waals surface area contributed by atoms with E-state index >= 15 is 0 Å². The number of nitrogens with one attached hydrogen (secondary N) is 1. The van der Waals surface area contributed by atoms with Crippen molar-refractivity contribution < 1.29 is 4.79 Å². The maximum atomic E-state index is 12.9. The van der Waals surface area contributed by atoms with Gasteiger partial charge in [-0.05, 0) is 34.7 Å². The summed E-state index contributed by atoms with van der Waals surface area (Å²) in [4.78, 5) is 22.4. The van der Waals surface area contributed by atoms with Crippen LogP contribution in [-0.4, -0.2) is 35.4 Å². The number of hydrogen-bond donors (Lipinski definition) is 1. The SMILES string of the molecule is O=C(NCc1ccccc1Cn1cncn1)c1nc(-c2cccs2)n(-c2ccccc2)n1. The van der Waals surface area contributed by atoms with Crippen molar-refractivity contribution in [2.75, 3.05) is 0 Å². The number of hydrogen-bond acceptors (Lipinski definition) is 6. The first kappa shape index (κ1) is 19.8. The van der Waals surface area contributed by atoms with Crippen LogP contribution in [0.5, 0.6) is 0 Å². The second-order valence-corrected chi connectivity index (χ2v) is 7.98. The molecule has 1 amide bonds. The van der Waals surface area contributed by atoms with Crippen LogP contribution in [0.4, 0.5) is 0 Å². The fourth-order valence-corrected chi connectivity index (χ4v) is 4.05. The molecule has 9 heteroatoms. The van der Waals surface area contributed by atoms with Gasteiger partial charge in [-0.3, -0.25) is 4.79 Å². The molecule has 3 aromatic heterocycles. The van der Waals surface area contributed by atoms with E-state index in [1.165, 1.54) is 6.33 Å². The van der Waals surface area contributed by atoms with Crippen molar-refractivity contribution in [1.82, 2.24) is 34.8 Å². The van der Waals surface area contributed by atoms with Gasteiger partial charge < -0.3 is 5.32 Å². The van der Waals surface area contributed by atoms with Crippen molar-refractivity contribution in [3.05, 3.63) is 102 Å². The van der Waals surface area contributed by atoms with Crippen LogP contribution in [-0.2, 0) is 13.1 Å². The normalized spacial score (nSPS) is 10.9. The minimum atomic E-state index is -0.326.